The van der Waals surface area contributed by atoms with Gasteiger partial charge in [-0.05, 0) is 45.1 Å². The number of aliphatic imine (C=N–C) groups is 1. The first-order chi connectivity index (χ1) is 11.7. The summed E-state index contributed by atoms with van der Waals surface area (Å²) in [6.07, 6.45) is 8.53. The molecule has 0 bridgehead atoms. The largest absolute Gasteiger partial charge is 0.504 e. The van der Waals surface area contributed by atoms with Crippen molar-refractivity contribution in [2.24, 2.45) is 4.99 Å². The molecule has 1 aliphatic rings. The third-order valence-electron chi connectivity index (χ3n) is 4.18. The molecule has 132 valence electrons. The van der Waals surface area contributed by atoms with Gasteiger partial charge in [0.15, 0.2) is 17.5 Å². The summed E-state index contributed by atoms with van der Waals surface area (Å²) in [5.74, 6) is 1.41. The Balaban J connectivity index is 1.91. The maximum atomic E-state index is 10.1. The summed E-state index contributed by atoms with van der Waals surface area (Å²) < 4.78 is 5.14. The fourth-order valence-electron chi connectivity index (χ4n) is 2.84. The predicted octanol–water partition coefficient (Wildman–Crippen LogP) is 3.35. The topological polar surface area (TPSA) is 65.9 Å². The third kappa shape index (κ3) is 5.48. The van der Waals surface area contributed by atoms with Crippen molar-refractivity contribution < 1.29 is 9.84 Å². The van der Waals surface area contributed by atoms with E-state index >= 15 is 0 Å². The molecule has 0 unspecified atom stereocenters. The monoisotopic (exact) mass is 331 g/mol. The van der Waals surface area contributed by atoms with Crippen LogP contribution in [-0.4, -0.2) is 31.3 Å². The molecule has 0 amide bonds. The van der Waals surface area contributed by atoms with Crippen LogP contribution in [0.1, 0.15) is 44.6 Å². The number of rotatable bonds is 7. The van der Waals surface area contributed by atoms with Crippen molar-refractivity contribution in [3.05, 3.63) is 35.4 Å². The molecule has 1 aromatic carbocycles. The molecule has 0 heterocycles. The molecular weight excluding hydrogens is 302 g/mol. The lowest BCUT2D eigenvalue weighted by Crippen LogP contribution is -2.37. The summed E-state index contributed by atoms with van der Waals surface area (Å²) in [6.45, 7) is 4.13. The summed E-state index contributed by atoms with van der Waals surface area (Å²) in [7, 11) is 1.55. The Kier molecular flexibility index (Phi) is 7.46. The lowest BCUT2D eigenvalue weighted by atomic mass is 9.97. The van der Waals surface area contributed by atoms with E-state index in [-0.39, 0.29) is 5.75 Å². The van der Waals surface area contributed by atoms with E-state index in [1.807, 2.05) is 19.1 Å². The standard InChI is InChI=1S/C19H29N3O2/c1-3-20-19(21-13-12-15-8-5-4-6-9-15)22-14-16-10-7-11-17(24-2)18(16)23/h7-8,10-11,23H,3-6,9,12-14H2,1-2H3,(H2,20,21,22). The highest BCUT2D eigenvalue weighted by Gasteiger charge is 2.07. The number of phenols is 1. The van der Waals surface area contributed by atoms with Gasteiger partial charge in [-0.2, -0.15) is 0 Å². The number of guanidine groups is 1. The number of hydrogen-bond acceptors (Lipinski definition) is 3. The van der Waals surface area contributed by atoms with Crippen molar-refractivity contribution >= 4 is 5.96 Å². The van der Waals surface area contributed by atoms with E-state index in [0.29, 0.717) is 12.3 Å². The molecule has 3 N–H and O–H groups in total. The number of methoxy groups -OCH3 is 1. The Labute approximate surface area is 144 Å². The van der Waals surface area contributed by atoms with Crippen molar-refractivity contribution in [3.8, 4) is 11.5 Å². The highest BCUT2D eigenvalue weighted by molar-refractivity contribution is 5.79. The molecule has 0 spiro atoms. The van der Waals surface area contributed by atoms with Crippen LogP contribution < -0.4 is 15.4 Å². The number of allylic oxidation sites excluding steroid dienone is 1. The summed E-state index contributed by atoms with van der Waals surface area (Å²) in [4.78, 5) is 4.56. The quantitative estimate of drug-likeness (QED) is 0.407. The second-order valence-corrected chi connectivity index (χ2v) is 5.95. The number of nitrogens with zero attached hydrogens (tertiary/aromatic N) is 1. The molecule has 0 aromatic heterocycles. The molecule has 5 nitrogen and oxygen atoms in total. The van der Waals surface area contributed by atoms with Crippen LogP contribution in [0.3, 0.4) is 0 Å². The van der Waals surface area contributed by atoms with Crippen LogP contribution in [-0.2, 0) is 6.54 Å². The Morgan fingerprint density at radius 3 is 2.88 bits per heavy atom. The van der Waals surface area contributed by atoms with Crippen molar-refractivity contribution in [1.29, 1.82) is 0 Å². The van der Waals surface area contributed by atoms with Crippen LogP contribution in [0.5, 0.6) is 11.5 Å². The van der Waals surface area contributed by atoms with Gasteiger partial charge in [0.1, 0.15) is 0 Å². The zero-order valence-corrected chi connectivity index (χ0v) is 14.8. The maximum absolute atomic E-state index is 10.1. The van der Waals surface area contributed by atoms with Crippen molar-refractivity contribution in [2.75, 3.05) is 20.2 Å². The van der Waals surface area contributed by atoms with Crippen molar-refractivity contribution in [2.45, 2.75) is 45.6 Å². The lowest BCUT2D eigenvalue weighted by Gasteiger charge is -2.15. The van der Waals surface area contributed by atoms with Crippen LogP contribution in [0.4, 0.5) is 0 Å². The highest BCUT2D eigenvalue weighted by atomic mass is 16.5. The van der Waals surface area contributed by atoms with Gasteiger partial charge in [-0.3, -0.25) is 0 Å². The molecule has 1 aromatic rings. The Hall–Kier alpha value is -2.17. The van der Waals surface area contributed by atoms with Crippen LogP contribution in [0, 0.1) is 0 Å². The van der Waals surface area contributed by atoms with Gasteiger partial charge in [0.05, 0.1) is 13.7 Å². The zero-order valence-electron chi connectivity index (χ0n) is 14.8. The van der Waals surface area contributed by atoms with Gasteiger partial charge in [0.25, 0.3) is 0 Å². The minimum Gasteiger partial charge on any atom is -0.504 e. The fraction of sp³-hybridized carbons (Fsp3) is 0.526. The molecule has 0 aliphatic heterocycles. The lowest BCUT2D eigenvalue weighted by molar-refractivity contribution is 0.370. The average molecular weight is 331 g/mol. The van der Waals surface area contributed by atoms with E-state index in [4.69, 9.17) is 4.74 Å². The average Bonchev–Trinajstić information content (AvgIpc) is 2.61. The number of aromatic hydroxyl groups is 1. The first-order valence-corrected chi connectivity index (χ1v) is 8.79. The number of para-hydroxylation sites is 1. The molecule has 0 fully saturated rings. The van der Waals surface area contributed by atoms with Gasteiger partial charge in [-0.1, -0.05) is 23.8 Å². The maximum Gasteiger partial charge on any atom is 0.191 e. The molecule has 5 heteroatoms. The van der Waals surface area contributed by atoms with E-state index in [1.54, 1.807) is 18.7 Å². The van der Waals surface area contributed by atoms with E-state index in [9.17, 15) is 5.11 Å². The molecular formula is C19H29N3O2. The van der Waals surface area contributed by atoms with Gasteiger partial charge in [-0.25, -0.2) is 4.99 Å². The SMILES string of the molecule is CCNC(=NCc1cccc(OC)c1O)NCCC1=CCCCC1. The number of benzene rings is 1. The summed E-state index contributed by atoms with van der Waals surface area (Å²) >= 11 is 0. The third-order valence-corrected chi connectivity index (χ3v) is 4.18. The molecule has 0 saturated heterocycles. The van der Waals surface area contributed by atoms with Crippen LogP contribution >= 0.6 is 0 Å². The zero-order chi connectivity index (χ0) is 17.2. The Bertz CT molecular complexity index is 582. The first-order valence-electron chi connectivity index (χ1n) is 8.79. The normalized spacial score (nSPS) is 14.9. The molecule has 0 saturated carbocycles. The summed E-state index contributed by atoms with van der Waals surface area (Å²) in [6, 6.07) is 5.46. The number of phenolic OH excluding ortho intramolecular Hbond substituents is 1. The van der Waals surface area contributed by atoms with Crippen LogP contribution in [0.25, 0.3) is 0 Å². The fourth-order valence-corrected chi connectivity index (χ4v) is 2.84. The van der Waals surface area contributed by atoms with Crippen molar-refractivity contribution in [1.82, 2.24) is 10.6 Å². The molecule has 0 radical (unpaired) electrons. The Morgan fingerprint density at radius 1 is 1.29 bits per heavy atom. The van der Waals surface area contributed by atoms with Gasteiger partial charge in [-0.15, -0.1) is 0 Å². The van der Waals surface area contributed by atoms with Crippen LogP contribution in [0.15, 0.2) is 34.8 Å². The molecule has 1 aliphatic carbocycles. The molecule has 2 rings (SSSR count). The minimum absolute atomic E-state index is 0.159. The van der Waals surface area contributed by atoms with Gasteiger partial charge in [0, 0.05) is 18.7 Å². The second kappa shape index (κ2) is 9.85. The second-order valence-electron chi connectivity index (χ2n) is 5.95. The van der Waals surface area contributed by atoms with E-state index < -0.39 is 0 Å². The van der Waals surface area contributed by atoms with Gasteiger partial charge >= 0.3 is 0 Å². The van der Waals surface area contributed by atoms with Crippen molar-refractivity contribution in [3.63, 3.8) is 0 Å². The number of ether oxygens (including phenoxy) is 1. The number of nitrogens with one attached hydrogen (secondary N) is 2. The first kappa shape index (κ1) is 18.2. The highest BCUT2D eigenvalue weighted by Crippen LogP contribution is 2.29. The minimum atomic E-state index is 0.159. The Morgan fingerprint density at radius 2 is 2.17 bits per heavy atom. The van der Waals surface area contributed by atoms with E-state index in [2.05, 4.69) is 21.7 Å². The summed E-state index contributed by atoms with van der Waals surface area (Å²) in [5, 5.41) is 16.8. The predicted molar refractivity (Wildman–Crippen MR) is 98.6 cm³/mol. The van der Waals surface area contributed by atoms with Gasteiger partial charge in [0.2, 0.25) is 0 Å². The van der Waals surface area contributed by atoms with E-state index in [0.717, 1.165) is 31.0 Å². The van der Waals surface area contributed by atoms with Crippen LogP contribution in [0.2, 0.25) is 0 Å². The van der Waals surface area contributed by atoms with Gasteiger partial charge < -0.3 is 20.5 Å². The summed E-state index contributed by atoms with van der Waals surface area (Å²) in [5.41, 5.74) is 2.30. The van der Waals surface area contributed by atoms with E-state index in [1.165, 1.54) is 25.7 Å². The molecule has 24 heavy (non-hydrogen) atoms. The number of hydrogen-bond donors (Lipinski definition) is 3. The smallest absolute Gasteiger partial charge is 0.191 e. The molecule has 0 atom stereocenters.